The van der Waals surface area contributed by atoms with Crippen LogP contribution in [-0.2, 0) is 0 Å². The first-order valence-electron chi connectivity index (χ1n) is 9.19. The Kier molecular flexibility index (Phi) is 4.65. The predicted molar refractivity (Wildman–Crippen MR) is 99.8 cm³/mol. The number of ether oxygens (including phenoxy) is 1. The van der Waals surface area contributed by atoms with E-state index in [9.17, 15) is 0 Å². The smallest absolute Gasteiger partial charge is 0.134 e. The van der Waals surface area contributed by atoms with Crippen molar-refractivity contribution >= 4 is 11.0 Å². The van der Waals surface area contributed by atoms with E-state index in [4.69, 9.17) is 9.15 Å². The maximum atomic E-state index is 6.14. The second-order valence-electron chi connectivity index (χ2n) is 8.68. The third kappa shape index (κ3) is 3.94. The van der Waals surface area contributed by atoms with Gasteiger partial charge in [0, 0.05) is 22.9 Å². The van der Waals surface area contributed by atoms with Crippen LogP contribution in [-0.4, -0.2) is 17.7 Å². The van der Waals surface area contributed by atoms with Crippen LogP contribution in [0.4, 0.5) is 0 Å². The Morgan fingerprint density at radius 3 is 2.46 bits per heavy atom. The molecule has 1 aliphatic rings. The van der Waals surface area contributed by atoms with Crippen molar-refractivity contribution in [3.63, 3.8) is 0 Å². The van der Waals surface area contributed by atoms with Gasteiger partial charge in [-0.25, -0.2) is 0 Å². The molecule has 1 aliphatic carbocycles. The Morgan fingerprint density at radius 1 is 1.12 bits per heavy atom. The monoisotopic (exact) mass is 329 g/mol. The number of nitrogens with one attached hydrogen (secondary N) is 1. The summed E-state index contributed by atoms with van der Waals surface area (Å²) in [4.78, 5) is 0. The van der Waals surface area contributed by atoms with Gasteiger partial charge in [-0.2, -0.15) is 0 Å². The average Bonchev–Trinajstić information content (AvgIpc) is 2.85. The van der Waals surface area contributed by atoms with Gasteiger partial charge >= 0.3 is 0 Å². The zero-order chi connectivity index (χ0) is 17.5. The van der Waals surface area contributed by atoms with Gasteiger partial charge in [-0.3, -0.25) is 0 Å². The molecule has 1 aromatic heterocycles. The molecule has 0 radical (unpaired) electrons. The summed E-state index contributed by atoms with van der Waals surface area (Å²) < 4.78 is 12.1. The molecule has 1 aromatic carbocycles. The van der Waals surface area contributed by atoms with Crippen molar-refractivity contribution in [1.82, 2.24) is 5.32 Å². The van der Waals surface area contributed by atoms with E-state index in [1.165, 1.54) is 0 Å². The van der Waals surface area contributed by atoms with E-state index in [0.717, 1.165) is 35.3 Å². The molecule has 3 rings (SSSR count). The maximum absolute atomic E-state index is 6.14. The van der Waals surface area contributed by atoms with Crippen LogP contribution >= 0.6 is 0 Å². The van der Waals surface area contributed by atoms with Crippen molar-refractivity contribution in [1.29, 1.82) is 0 Å². The van der Waals surface area contributed by atoms with Crippen molar-refractivity contribution in [2.24, 2.45) is 5.92 Å². The van der Waals surface area contributed by atoms with Crippen molar-refractivity contribution < 1.29 is 9.15 Å². The first kappa shape index (κ1) is 17.3. The van der Waals surface area contributed by atoms with E-state index in [1.54, 1.807) is 0 Å². The minimum atomic E-state index is 0.175. The molecule has 0 bridgehead atoms. The fourth-order valence-electron chi connectivity index (χ4n) is 3.25. The van der Waals surface area contributed by atoms with Crippen LogP contribution in [0.1, 0.15) is 66.1 Å². The third-order valence-corrected chi connectivity index (χ3v) is 4.99. The molecule has 1 N–H and O–H groups in total. The van der Waals surface area contributed by atoms with Crippen molar-refractivity contribution in [3.8, 4) is 5.75 Å². The average molecular weight is 329 g/mol. The molecule has 3 nitrogen and oxygen atoms in total. The summed E-state index contributed by atoms with van der Waals surface area (Å²) in [6, 6.07) is 8.91. The van der Waals surface area contributed by atoms with Crippen LogP contribution in [0, 0.1) is 5.92 Å². The zero-order valence-electron chi connectivity index (χ0n) is 15.8. The lowest BCUT2D eigenvalue weighted by Gasteiger charge is -2.40. The minimum absolute atomic E-state index is 0.175. The molecule has 3 heteroatoms. The molecule has 1 fully saturated rings. The molecular weight excluding hydrogens is 298 g/mol. The van der Waals surface area contributed by atoms with E-state index >= 15 is 0 Å². The van der Waals surface area contributed by atoms with E-state index in [0.29, 0.717) is 24.0 Å². The molecule has 2 aromatic rings. The number of furan rings is 1. The molecular formula is C21H31NO2. The fraction of sp³-hybridized carbons (Fsp3) is 0.619. The highest BCUT2D eigenvalue weighted by molar-refractivity contribution is 5.79. The van der Waals surface area contributed by atoms with Crippen molar-refractivity contribution in [3.05, 3.63) is 30.0 Å². The van der Waals surface area contributed by atoms with Gasteiger partial charge in [-0.1, -0.05) is 20.8 Å². The molecule has 1 heterocycles. The summed E-state index contributed by atoms with van der Waals surface area (Å²) in [6.07, 6.45) is 2.48. The Labute approximate surface area is 145 Å². The molecule has 24 heavy (non-hydrogen) atoms. The van der Waals surface area contributed by atoms with Crippen LogP contribution < -0.4 is 10.1 Å². The Balaban J connectivity index is 1.62. The normalized spacial score (nSPS) is 22.6. The number of fused-ring (bicyclic) bond motifs is 1. The van der Waals surface area contributed by atoms with Gasteiger partial charge in [0.05, 0.1) is 0 Å². The number of benzene rings is 1. The van der Waals surface area contributed by atoms with E-state index in [1.807, 2.05) is 12.1 Å². The highest BCUT2D eigenvalue weighted by atomic mass is 16.5. The first-order chi connectivity index (χ1) is 11.2. The summed E-state index contributed by atoms with van der Waals surface area (Å²) in [7, 11) is 0. The standard InChI is InChI=1S/C21H31NO2/c1-13(2)14(3)20-10-15-9-17(7-8-19(15)24-20)23-18-11-16(12-18)22-21(4,5)6/h7-10,13-14,16,18,22H,11-12H2,1-6H3/t14-,16-,18+/m1/s1. The molecule has 1 saturated carbocycles. The van der Waals surface area contributed by atoms with Crippen molar-refractivity contribution in [2.75, 3.05) is 0 Å². The van der Waals surface area contributed by atoms with Crippen LogP contribution in [0.5, 0.6) is 5.75 Å². The number of hydrogen-bond donors (Lipinski definition) is 1. The summed E-state index contributed by atoms with van der Waals surface area (Å²) in [6.45, 7) is 13.3. The second kappa shape index (κ2) is 6.44. The van der Waals surface area contributed by atoms with E-state index in [-0.39, 0.29) is 5.54 Å². The topological polar surface area (TPSA) is 34.4 Å². The maximum Gasteiger partial charge on any atom is 0.134 e. The van der Waals surface area contributed by atoms with E-state index in [2.05, 4.69) is 59.0 Å². The van der Waals surface area contributed by atoms with E-state index < -0.39 is 0 Å². The highest BCUT2D eigenvalue weighted by Crippen LogP contribution is 2.33. The summed E-state index contributed by atoms with van der Waals surface area (Å²) in [5.74, 6) is 3.02. The van der Waals surface area contributed by atoms with Crippen LogP contribution in [0.3, 0.4) is 0 Å². The van der Waals surface area contributed by atoms with Gasteiger partial charge in [0.25, 0.3) is 0 Å². The molecule has 132 valence electrons. The Bertz CT molecular complexity index is 689. The number of rotatable bonds is 5. The van der Waals surface area contributed by atoms with Crippen molar-refractivity contribution in [2.45, 2.75) is 78.0 Å². The summed E-state index contributed by atoms with van der Waals surface area (Å²) in [5.41, 5.74) is 1.13. The molecule has 0 amide bonds. The first-order valence-corrected chi connectivity index (χ1v) is 9.19. The lowest BCUT2D eigenvalue weighted by atomic mass is 9.87. The van der Waals surface area contributed by atoms with Gasteiger partial charge in [-0.05, 0) is 63.8 Å². The highest BCUT2D eigenvalue weighted by Gasteiger charge is 2.33. The summed E-state index contributed by atoms with van der Waals surface area (Å²) in [5, 5.41) is 4.77. The van der Waals surface area contributed by atoms with Crippen LogP contribution in [0.25, 0.3) is 11.0 Å². The Hall–Kier alpha value is -1.48. The van der Waals surface area contributed by atoms with Gasteiger partial charge < -0.3 is 14.5 Å². The van der Waals surface area contributed by atoms with Gasteiger partial charge in [0.15, 0.2) is 0 Å². The van der Waals surface area contributed by atoms with Crippen LogP contribution in [0.15, 0.2) is 28.7 Å². The summed E-state index contributed by atoms with van der Waals surface area (Å²) >= 11 is 0. The van der Waals surface area contributed by atoms with Gasteiger partial charge in [-0.15, -0.1) is 0 Å². The minimum Gasteiger partial charge on any atom is -0.490 e. The van der Waals surface area contributed by atoms with Gasteiger partial charge in [0.1, 0.15) is 23.2 Å². The lowest BCUT2D eigenvalue weighted by molar-refractivity contribution is 0.0735. The van der Waals surface area contributed by atoms with Crippen LogP contribution in [0.2, 0.25) is 0 Å². The number of hydrogen-bond acceptors (Lipinski definition) is 3. The predicted octanol–water partition coefficient (Wildman–Crippen LogP) is 5.49. The quantitative estimate of drug-likeness (QED) is 0.787. The Morgan fingerprint density at radius 2 is 1.83 bits per heavy atom. The fourth-order valence-corrected chi connectivity index (χ4v) is 3.25. The lowest BCUT2D eigenvalue weighted by Crippen LogP contribution is -2.53. The zero-order valence-corrected chi connectivity index (χ0v) is 15.8. The second-order valence-corrected chi connectivity index (χ2v) is 8.68. The SMILES string of the molecule is CC(C)[C@@H](C)c1cc2cc(O[C@H]3C[C@@H](NC(C)(C)C)C3)ccc2o1. The third-order valence-electron chi connectivity index (χ3n) is 4.99. The van der Waals surface area contributed by atoms with Gasteiger partial charge in [0.2, 0.25) is 0 Å². The molecule has 0 aliphatic heterocycles. The molecule has 1 atom stereocenters. The largest absolute Gasteiger partial charge is 0.490 e. The molecule has 0 spiro atoms. The molecule has 0 unspecified atom stereocenters. The molecule has 0 saturated heterocycles.